The van der Waals surface area contributed by atoms with Gasteiger partial charge in [-0.15, -0.1) is 0 Å². The third-order valence-corrected chi connectivity index (χ3v) is 5.12. The van der Waals surface area contributed by atoms with Crippen molar-refractivity contribution in [3.63, 3.8) is 0 Å². The second-order valence-corrected chi connectivity index (χ2v) is 9.13. The van der Waals surface area contributed by atoms with Crippen LogP contribution in [-0.2, 0) is 4.74 Å². The van der Waals surface area contributed by atoms with Gasteiger partial charge in [0.15, 0.2) is 0 Å². The van der Waals surface area contributed by atoms with Crippen molar-refractivity contribution < 1.29 is 19.1 Å². The summed E-state index contributed by atoms with van der Waals surface area (Å²) < 4.78 is 5.42. The fourth-order valence-corrected chi connectivity index (χ4v) is 3.56. The first-order valence-electron chi connectivity index (χ1n) is 10.9. The lowest BCUT2D eigenvalue weighted by Crippen LogP contribution is -2.46. The molecule has 0 bridgehead atoms. The third-order valence-electron chi connectivity index (χ3n) is 5.12. The van der Waals surface area contributed by atoms with E-state index in [1.165, 1.54) is 0 Å². The quantitative estimate of drug-likeness (QED) is 0.739. The molecular weight excluding hydrogens is 396 g/mol. The standard InChI is InChI=1S/C23H36N4O4/c1-7-24-20(28)18-11-10-16(2)19(13-18)25-21(29)27-12-8-9-17(15-27)14-26(6)22(30)31-23(3,4)5/h10-11,13,17H,7-9,12,14-15H2,1-6H3,(H,24,28)(H,25,29). The van der Waals surface area contributed by atoms with E-state index in [1.807, 2.05) is 40.7 Å². The Morgan fingerprint density at radius 3 is 2.61 bits per heavy atom. The Balaban J connectivity index is 1.98. The van der Waals surface area contributed by atoms with E-state index < -0.39 is 5.60 Å². The fraction of sp³-hybridized carbons (Fsp3) is 0.609. The van der Waals surface area contributed by atoms with Crippen LogP contribution in [0.4, 0.5) is 15.3 Å². The van der Waals surface area contributed by atoms with E-state index in [4.69, 9.17) is 4.74 Å². The molecule has 8 heteroatoms. The van der Waals surface area contributed by atoms with Crippen molar-refractivity contribution in [1.82, 2.24) is 15.1 Å². The number of carbonyl (C=O) groups excluding carboxylic acids is 3. The minimum Gasteiger partial charge on any atom is -0.444 e. The minimum absolute atomic E-state index is 0.166. The number of likely N-dealkylation sites (tertiary alicyclic amines) is 1. The Bertz CT molecular complexity index is 803. The molecule has 2 N–H and O–H groups in total. The Labute approximate surface area is 185 Å². The first-order chi connectivity index (χ1) is 14.5. The molecule has 1 aromatic carbocycles. The molecule has 172 valence electrons. The summed E-state index contributed by atoms with van der Waals surface area (Å²) in [4.78, 5) is 40.6. The molecule has 1 unspecified atom stereocenters. The van der Waals surface area contributed by atoms with Crippen molar-refractivity contribution in [2.75, 3.05) is 38.5 Å². The molecule has 4 amide bonds. The fourth-order valence-electron chi connectivity index (χ4n) is 3.56. The summed E-state index contributed by atoms with van der Waals surface area (Å²) in [5.74, 6) is 0.0148. The number of carbonyl (C=O) groups is 3. The molecular formula is C23H36N4O4. The van der Waals surface area contributed by atoms with Gasteiger partial charge < -0.3 is 25.2 Å². The number of hydrogen-bond donors (Lipinski definition) is 2. The minimum atomic E-state index is -0.537. The van der Waals surface area contributed by atoms with Gasteiger partial charge in [0, 0.05) is 44.5 Å². The monoisotopic (exact) mass is 432 g/mol. The number of ether oxygens (including phenoxy) is 1. The van der Waals surface area contributed by atoms with Crippen LogP contribution in [0, 0.1) is 12.8 Å². The number of anilines is 1. The summed E-state index contributed by atoms with van der Waals surface area (Å²) in [5.41, 5.74) is 1.49. The second kappa shape index (κ2) is 10.5. The molecule has 0 saturated carbocycles. The number of benzene rings is 1. The first-order valence-corrected chi connectivity index (χ1v) is 10.9. The number of rotatable bonds is 5. The van der Waals surface area contributed by atoms with Gasteiger partial charge in [0.25, 0.3) is 5.91 Å². The average molecular weight is 433 g/mol. The molecule has 0 radical (unpaired) electrons. The van der Waals surface area contributed by atoms with Gasteiger partial charge in [0.1, 0.15) is 5.60 Å². The van der Waals surface area contributed by atoms with Crippen molar-refractivity contribution in [2.24, 2.45) is 5.92 Å². The SMILES string of the molecule is CCNC(=O)c1ccc(C)c(NC(=O)N2CCCC(CN(C)C(=O)OC(C)(C)C)C2)c1. The summed E-state index contributed by atoms with van der Waals surface area (Å²) >= 11 is 0. The van der Waals surface area contributed by atoms with Crippen molar-refractivity contribution in [2.45, 2.75) is 53.1 Å². The van der Waals surface area contributed by atoms with E-state index in [1.54, 1.807) is 29.0 Å². The van der Waals surface area contributed by atoms with Gasteiger partial charge in [-0.2, -0.15) is 0 Å². The van der Waals surface area contributed by atoms with E-state index in [0.29, 0.717) is 37.4 Å². The van der Waals surface area contributed by atoms with Crippen LogP contribution in [0.3, 0.4) is 0 Å². The van der Waals surface area contributed by atoms with Crippen LogP contribution in [0.2, 0.25) is 0 Å². The van der Waals surface area contributed by atoms with E-state index >= 15 is 0 Å². The highest BCUT2D eigenvalue weighted by atomic mass is 16.6. The van der Waals surface area contributed by atoms with Gasteiger partial charge in [-0.25, -0.2) is 9.59 Å². The zero-order valence-electron chi connectivity index (χ0n) is 19.6. The number of nitrogens with one attached hydrogen (secondary N) is 2. The Kier molecular flexibility index (Phi) is 8.30. The van der Waals surface area contributed by atoms with Crippen molar-refractivity contribution in [3.05, 3.63) is 29.3 Å². The van der Waals surface area contributed by atoms with Gasteiger partial charge in [-0.05, 0) is 71.1 Å². The van der Waals surface area contributed by atoms with Crippen LogP contribution in [0.15, 0.2) is 18.2 Å². The summed E-state index contributed by atoms with van der Waals surface area (Å²) in [6, 6.07) is 5.09. The highest BCUT2D eigenvalue weighted by Gasteiger charge is 2.27. The molecule has 0 aliphatic carbocycles. The van der Waals surface area contributed by atoms with Gasteiger partial charge >= 0.3 is 12.1 Å². The number of hydrogen-bond acceptors (Lipinski definition) is 4. The molecule has 2 rings (SSSR count). The van der Waals surface area contributed by atoms with E-state index in [2.05, 4.69) is 10.6 Å². The summed E-state index contributed by atoms with van der Waals surface area (Å²) in [6.07, 6.45) is 1.47. The zero-order valence-corrected chi connectivity index (χ0v) is 19.6. The van der Waals surface area contributed by atoms with E-state index in [-0.39, 0.29) is 23.9 Å². The van der Waals surface area contributed by atoms with Crippen molar-refractivity contribution in [1.29, 1.82) is 0 Å². The first kappa shape index (κ1) is 24.5. The number of piperidine rings is 1. The maximum absolute atomic E-state index is 12.9. The molecule has 8 nitrogen and oxygen atoms in total. The topological polar surface area (TPSA) is 91.0 Å². The maximum Gasteiger partial charge on any atom is 0.410 e. The van der Waals surface area contributed by atoms with Gasteiger partial charge in [-0.1, -0.05) is 6.07 Å². The lowest BCUT2D eigenvalue weighted by Gasteiger charge is -2.35. The molecule has 1 heterocycles. The van der Waals surface area contributed by atoms with E-state index in [0.717, 1.165) is 18.4 Å². The number of amides is 4. The third kappa shape index (κ3) is 7.45. The van der Waals surface area contributed by atoms with Crippen LogP contribution in [0.1, 0.15) is 56.5 Å². The summed E-state index contributed by atoms with van der Waals surface area (Å²) in [5, 5.41) is 5.71. The molecule has 1 aromatic rings. The molecule has 31 heavy (non-hydrogen) atoms. The zero-order chi connectivity index (χ0) is 23.2. The second-order valence-electron chi connectivity index (χ2n) is 9.13. The summed E-state index contributed by atoms with van der Waals surface area (Å²) in [6.45, 7) is 11.6. The Hall–Kier alpha value is -2.77. The lowest BCUT2D eigenvalue weighted by atomic mass is 9.98. The van der Waals surface area contributed by atoms with Crippen LogP contribution < -0.4 is 10.6 Å². The Morgan fingerprint density at radius 2 is 1.97 bits per heavy atom. The molecule has 1 saturated heterocycles. The number of aryl methyl sites for hydroxylation is 1. The van der Waals surface area contributed by atoms with E-state index in [9.17, 15) is 14.4 Å². The van der Waals surface area contributed by atoms with Gasteiger partial charge in [-0.3, -0.25) is 4.79 Å². The molecule has 1 aliphatic heterocycles. The van der Waals surface area contributed by atoms with Crippen LogP contribution in [0.5, 0.6) is 0 Å². The van der Waals surface area contributed by atoms with Gasteiger partial charge in [0.05, 0.1) is 0 Å². The highest BCUT2D eigenvalue weighted by Crippen LogP contribution is 2.22. The van der Waals surface area contributed by atoms with Crippen LogP contribution in [-0.4, -0.2) is 66.7 Å². The van der Waals surface area contributed by atoms with Crippen molar-refractivity contribution in [3.8, 4) is 0 Å². The smallest absolute Gasteiger partial charge is 0.410 e. The van der Waals surface area contributed by atoms with Crippen molar-refractivity contribution >= 4 is 23.7 Å². The predicted molar refractivity (Wildman–Crippen MR) is 121 cm³/mol. The average Bonchev–Trinajstić information content (AvgIpc) is 2.68. The Morgan fingerprint density at radius 1 is 1.26 bits per heavy atom. The maximum atomic E-state index is 12.9. The molecule has 1 aliphatic rings. The highest BCUT2D eigenvalue weighted by molar-refractivity contribution is 5.97. The predicted octanol–water partition coefficient (Wildman–Crippen LogP) is 3.86. The summed E-state index contributed by atoms with van der Waals surface area (Å²) in [7, 11) is 1.73. The molecule has 1 fully saturated rings. The molecule has 1 atom stereocenters. The largest absolute Gasteiger partial charge is 0.444 e. The molecule has 0 aromatic heterocycles. The van der Waals surface area contributed by atoms with Crippen LogP contribution in [0.25, 0.3) is 0 Å². The normalized spacial score (nSPS) is 16.5. The van der Waals surface area contributed by atoms with Gasteiger partial charge in [0.2, 0.25) is 0 Å². The lowest BCUT2D eigenvalue weighted by molar-refractivity contribution is 0.0253. The molecule has 0 spiro atoms. The number of nitrogens with zero attached hydrogens (tertiary/aromatic N) is 2. The number of urea groups is 1. The van der Waals surface area contributed by atoms with Crippen LogP contribution >= 0.6 is 0 Å².